The third-order valence-corrected chi connectivity index (χ3v) is 8.73. The fourth-order valence-electron chi connectivity index (χ4n) is 6.92. The molecule has 0 spiro atoms. The first-order chi connectivity index (χ1) is 19.3. The Morgan fingerprint density at radius 1 is 0.950 bits per heavy atom. The van der Waals surface area contributed by atoms with Gasteiger partial charge in [0.25, 0.3) is 0 Å². The number of hydrogen-bond acceptors (Lipinski definition) is 5. The third-order valence-electron chi connectivity index (χ3n) is 8.49. The molecule has 3 amide bonds. The normalized spacial score (nSPS) is 24.3. The molecule has 4 aromatic rings. The fraction of sp³-hybridized carbons (Fsp3) is 0.188. The van der Waals surface area contributed by atoms with Gasteiger partial charge in [-0.25, -0.2) is 10.3 Å². The van der Waals surface area contributed by atoms with Gasteiger partial charge in [-0.1, -0.05) is 66.2 Å². The monoisotopic (exact) mass is 549 g/mol. The standard InChI is InChI=1S/C32H24ClN3O4/c1-17-11-13-19(33)15-24(17)36-30(38)27-26-20-7-3-5-9-22(20)32(28(27)31(36)39,23-10-6-4-8-21(23)26)16-34-35-29(37)25-14-12-18(2)40-25/h3-16,26-28H,1-2H3,(H,35,37)/b34-16-/t26?,27-,28-,32?/m0/s1. The Balaban J connectivity index is 1.42. The Kier molecular flexibility index (Phi) is 5.38. The molecule has 8 rings (SSSR count). The van der Waals surface area contributed by atoms with Gasteiger partial charge in [-0.2, -0.15) is 5.10 Å². The van der Waals surface area contributed by atoms with E-state index in [1.165, 1.54) is 4.90 Å². The van der Waals surface area contributed by atoms with Crippen LogP contribution in [-0.2, 0) is 15.0 Å². The Morgan fingerprint density at radius 3 is 2.27 bits per heavy atom. The molecule has 1 N–H and O–H groups in total. The van der Waals surface area contributed by atoms with Crippen LogP contribution in [0.3, 0.4) is 0 Å². The molecule has 3 aromatic carbocycles. The number of carbonyl (C=O) groups is 3. The Bertz CT molecular complexity index is 1730. The molecule has 0 saturated carbocycles. The fourth-order valence-corrected chi connectivity index (χ4v) is 7.08. The molecule has 1 aliphatic heterocycles. The first-order valence-electron chi connectivity index (χ1n) is 13.1. The van der Waals surface area contributed by atoms with Gasteiger partial charge in [-0.3, -0.25) is 14.4 Å². The number of imide groups is 1. The number of rotatable bonds is 4. The van der Waals surface area contributed by atoms with E-state index in [0.29, 0.717) is 16.5 Å². The summed E-state index contributed by atoms with van der Waals surface area (Å²) in [6, 6.07) is 24.3. The minimum absolute atomic E-state index is 0.132. The summed E-state index contributed by atoms with van der Waals surface area (Å²) >= 11 is 6.32. The van der Waals surface area contributed by atoms with Crippen molar-refractivity contribution >= 4 is 41.2 Å². The molecule has 198 valence electrons. The molecule has 40 heavy (non-hydrogen) atoms. The van der Waals surface area contributed by atoms with Crippen molar-refractivity contribution in [2.45, 2.75) is 25.2 Å². The molecule has 1 saturated heterocycles. The molecule has 7 nitrogen and oxygen atoms in total. The lowest BCUT2D eigenvalue weighted by Crippen LogP contribution is -2.54. The highest BCUT2D eigenvalue weighted by molar-refractivity contribution is 6.31. The van der Waals surface area contributed by atoms with E-state index in [-0.39, 0.29) is 23.5 Å². The minimum Gasteiger partial charge on any atom is -0.456 e. The van der Waals surface area contributed by atoms with E-state index >= 15 is 0 Å². The van der Waals surface area contributed by atoms with E-state index in [9.17, 15) is 14.4 Å². The number of furan rings is 1. The average Bonchev–Trinajstić information content (AvgIpc) is 3.51. The maximum Gasteiger partial charge on any atom is 0.307 e. The average molecular weight is 550 g/mol. The van der Waals surface area contributed by atoms with Crippen molar-refractivity contribution in [1.82, 2.24) is 5.43 Å². The van der Waals surface area contributed by atoms with Crippen molar-refractivity contribution in [3.8, 4) is 0 Å². The zero-order chi connectivity index (χ0) is 27.8. The van der Waals surface area contributed by atoms with Crippen LogP contribution in [0.25, 0.3) is 0 Å². The van der Waals surface area contributed by atoms with Crippen molar-refractivity contribution in [1.29, 1.82) is 0 Å². The SMILES string of the molecule is Cc1ccc(C(=O)N/N=C\C23c4ccccc4C(c4ccccc42)[C@@H]2C(=O)N(c4cc(Cl)ccc4C)C(=O)[C@H]23)o1. The molecule has 8 heteroatoms. The largest absolute Gasteiger partial charge is 0.456 e. The van der Waals surface area contributed by atoms with Gasteiger partial charge in [0.15, 0.2) is 5.76 Å². The van der Waals surface area contributed by atoms with Gasteiger partial charge < -0.3 is 4.42 Å². The summed E-state index contributed by atoms with van der Waals surface area (Å²) in [6.07, 6.45) is 1.63. The van der Waals surface area contributed by atoms with E-state index in [2.05, 4.69) is 10.5 Å². The number of hydrazone groups is 1. The molecule has 2 bridgehead atoms. The van der Waals surface area contributed by atoms with Gasteiger partial charge in [-0.15, -0.1) is 0 Å². The van der Waals surface area contributed by atoms with E-state index in [4.69, 9.17) is 16.0 Å². The lowest BCUT2D eigenvalue weighted by atomic mass is 9.47. The Morgan fingerprint density at radius 2 is 1.62 bits per heavy atom. The number of nitrogens with one attached hydrogen (secondary N) is 1. The van der Waals surface area contributed by atoms with Crippen LogP contribution in [0.4, 0.5) is 5.69 Å². The van der Waals surface area contributed by atoms with Crippen LogP contribution in [0.1, 0.15) is 50.1 Å². The Hall–Kier alpha value is -4.49. The second kappa shape index (κ2) is 8.76. The summed E-state index contributed by atoms with van der Waals surface area (Å²) in [5.41, 5.74) is 6.50. The molecule has 2 atom stereocenters. The number of anilines is 1. The highest BCUT2D eigenvalue weighted by Gasteiger charge is 2.68. The first kappa shape index (κ1) is 24.5. The van der Waals surface area contributed by atoms with Gasteiger partial charge in [-0.05, 0) is 65.9 Å². The third kappa shape index (κ3) is 3.24. The summed E-state index contributed by atoms with van der Waals surface area (Å²) in [6.45, 7) is 3.61. The van der Waals surface area contributed by atoms with Crippen LogP contribution in [0, 0.1) is 25.7 Å². The predicted octanol–water partition coefficient (Wildman–Crippen LogP) is 5.52. The summed E-state index contributed by atoms with van der Waals surface area (Å²) in [5, 5.41) is 4.85. The number of amides is 3. The van der Waals surface area contributed by atoms with Gasteiger partial charge >= 0.3 is 5.91 Å². The number of benzene rings is 3. The van der Waals surface area contributed by atoms with E-state index in [0.717, 1.165) is 27.8 Å². The lowest BCUT2D eigenvalue weighted by Gasteiger charge is -2.52. The van der Waals surface area contributed by atoms with Crippen molar-refractivity contribution in [2.75, 3.05) is 4.90 Å². The van der Waals surface area contributed by atoms with Crippen molar-refractivity contribution in [3.05, 3.63) is 123 Å². The molecule has 0 unspecified atom stereocenters. The zero-order valence-corrected chi connectivity index (χ0v) is 22.5. The van der Waals surface area contributed by atoms with E-state index in [1.54, 1.807) is 43.5 Å². The van der Waals surface area contributed by atoms with E-state index in [1.807, 2.05) is 55.5 Å². The predicted molar refractivity (Wildman–Crippen MR) is 151 cm³/mol. The van der Waals surface area contributed by atoms with Crippen LogP contribution in [-0.4, -0.2) is 23.9 Å². The van der Waals surface area contributed by atoms with Crippen LogP contribution < -0.4 is 10.3 Å². The van der Waals surface area contributed by atoms with Gasteiger partial charge in [0, 0.05) is 17.2 Å². The topological polar surface area (TPSA) is 92.0 Å². The van der Waals surface area contributed by atoms with Crippen LogP contribution in [0.2, 0.25) is 5.02 Å². The number of halogens is 1. The quantitative estimate of drug-likeness (QED) is 0.206. The van der Waals surface area contributed by atoms with Crippen molar-refractivity contribution < 1.29 is 18.8 Å². The first-order valence-corrected chi connectivity index (χ1v) is 13.4. The zero-order valence-electron chi connectivity index (χ0n) is 21.7. The maximum absolute atomic E-state index is 14.4. The van der Waals surface area contributed by atoms with Crippen LogP contribution in [0.5, 0.6) is 0 Å². The highest BCUT2D eigenvalue weighted by atomic mass is 35.5. The molecule has 1 fully saturated rings. The number of hydrogen-bond donors (Lipinski definition) is 1. The summed E-state index contributed by atoms with van der Waals surface area (Å²) < 4.78 is 5.44. The molecule has 1 aromatic heterocycles. The molecular formula is C32H24ClN3O4. The summed E-state index contributed by atoms with van der Waals surface area (Å²) in [5.74, 6) is -2.05. The molecule has 3 aliphatic carbocycles. The molecule has 2 heterocycles. The van der Waals surface area contributed by atoms with Crippen LogP contribution >= 0.6 is 11.6 Å². The number of nitrogens with zero attached hydrogens (tertiary/aromatic N) is 2. The van der Waals surface area contributed by atoms with E-state index < -0.39 is 23.2 Å². The van der Waals surface area contributed by atoms with Crippen LogP contribution in [0.15, 0.2) is 88.4 Å². The molecule has 0 radical (unpaired) electrons. The molecular weight excluding hydrogens is 526 g/mol. The smallest absolute Gasteiger partial charge is 0.307 e. The maximum atomic E-state index is 14.4. The lowest BCUT2D eigenvalue weighted by molar-refractivity contribution is -0.122. The highest BCUT2D eigenvalue weighted by Crippen LogP contribution is 2.63. The minimum atomic E-state index is -1.09. The second-order valence-corrected chi connectivity index (χ2v) is 11.0. The number of aryl methyl sites for hydroxylation is 2. The summed E-state index contributed by atoms with van der Waals surface area (Å²) in [7, 11) is 0. The molecule has 4 aliphatic rings. The van der Waals surface area contributed by atoms with Gasteiger partial charge in [0.1, 0.15) is 5.76 Å². The number of carbonyl (C=O) groups excluding carboxylic acids is 3. The van der Waals surface area contributed by atoms with Gasteiger partial charge in [0.2, 0.25) is 11.8 Å². The Labute approximate surface area is 235 Å². The summed E-state index contributed by atoms with van der Waals surface area (Å²) in [4.78, 5) is 42.8. The van der Waals surface area contributed by atoms with Gasteiger partial charge in [0.05, 0.1) is 22.9 Å². The second-order valence-electron chi connectivity index (χ2n) is 10.6. The van der Waals surface area contributed by atoms with Crippen molar-refractivity contribution in [2.24, 2.45) is 16.9 Å². The van der Waals surface area contributed by atoms with Crippen molar-refractivity contribution in [3.63, 3.8) is 0 Å².